The minimum atomic E-state index is -0.343. The van der Waals surface area contributed by atoms with Gasteiger partial charge in [0.25, 0.3) is 0 Å². The van der Waals surface area contributed by atoms with Gasteiger partial charge in [-0.25, -0.2) is 9.97 Å². The number of hydrogen-bond donors (Lipinski definition) is 1. The summed E-state index contributed by atoms with van der Waals surface area (Å²) < 4.78 is 1.64. The number of aryl methyl sites for hydroxylation is 1. The van der Waals surface area contributed by atoms with Crippen molar-refractivity contribution in [2.45, 2.75) is 45.7 Å². The highest BCUT2D eigenvalue weighted by Gasteiger charge is 2.17. The molecule has 1 amide bonds. The summed E-state index contributed by atoms with van der Waals surface area (Å²) in [5.74, 6) is 0.702. The van der Waals surface area contributed by atoms with Gasteiger partial charge in [-0.05, 0) is 45.2 Å². The van der Waals surface area contributed by atoms with Crippen molar-refractivity contribution in [2.75, 3.05) is 18.0 Å². The molecule has 1 N–H and O–H groups in total. The Labute approximate surface area is 142 Å². The fourth-order valence-corrected chi connectivity index (χ4v) is 2.90. The lowest BCUT2D eigenvalue weighted by molar-refractivity contribution is -0.124. The van der Waals surface area contributed by atoms with Crippen LogP contribution in [-0.4, -0.2) is 38.7 Å². The Morgan fingerprint density at radius 3 is 2.79 bits per heavy atom. The molecule has 1 fully saturated rings. The Hall–Kier alpha value is -2.44. The quantitative estimate of drug-likeness (QED) is 0.906. The molecule has 1 atom stereocenters. The van der Waals surface area contributed by atoms with Crippen LogP contribution >= 0.6 is 0 Å². The van der Waals surface area contributed by atoms with Crippen molar-refractivity contribution in [1.29, 1.82) is 0 Å². The molecule has 0 bridgehead atoms. The van der Waals surface area contributed by atoms with Crippen molar-refractivity contribution in [3.05, 3.63) is 35.9 Å². The van der Waals surface area contributed by atoms with Crippen molar-refractivity contribution in [3.63, 3.8) is 0 Å². The number of amides is 1. The third-order valence-electron chi connectivity index (χ3n) is 4.28. The average molecular weight is 328 g/mol. The van der Waals surface area contributed by atoms with Crippen LogP contribution in [0.3, 0.4) is 0 Å². The van der Waals surface area contributed by atoms with E-state index in [9.17, 15) is 4.79 Å². The van der Waals surface area contributed by atoms with Gasteiger partial charge in [0.15, 0.2) is 0 Å². The minimum Gasteiger partial charge on any atom is -0.349 e. The second-order valence-corrected chi connectivity index (χ2v) is 6.23. The molecule has 3 heterocycles. The van der Waals surface area contributed by atoms with Crippen LogP contribution in [-0.2, 0) is 11.3 Å². The van der Waals surface area contributed by atoms with E-state index in [0.29, 0.717) is 6.54 Å². The zero-order chi connectivity index (χ0) is 16.9. The molecule has 0 aromatic carbocycles. The molecule has 0 spiro atoms. The predicted octanol–water partition coefficient (Wildman–Crippen LogP) is 1.85. The Morgan fingerprint density at radius 1 is 1.29 bits per heavy atom. The molecule has 24 heavy (non-hydrogen) atoms. The molecule has 0 radical (unpaired) electrons. The number of piperidine rings is 1. The number of anilines is 1. The molecule has 2 aromatic heterocycles. The first-order valence-corrected chi connectivity index (χ1v) is 8.50. The number of carbonyl (C=O) groups is 1. The van der Waals surface area contributed by atoms with E-state index in [-0.39, 0.29) is 11.9 Å². The van der Waals surface area contributed by atoms with Crippen molar-refractivity contribution in [2.24, 2.45) is 0 Å². The third kappa shape index (κ3) is 3.90. The molecule has 2 aromatic rings. The summed E-state index contributed by atoms with van der Waals surface area (Å²) in [6.45, 7) is 6.20. The highest BCUT2D eigenvalue weighted by molar-refractivity contribution is 5.79. The monoisotopic (exact) mass is 328 g/mol. The normalized spacial score (nSPS) is 16.0. The van der Waals surface area contributed by atoms with Crippen LogP contribution in [0, 0.1) is 6.92 Å². The first-order chi connectivity index (χ1) is 11.6. The fraction of sp³-hybridized carbons (Fsp3) is 0.529. The van der Waals surface area contributed by atoms with Gasteiger partial charge in [-0.1, -0.05) is 0 Å². The summed E-state index contributed by atoms with van der Waals surface area (Å²) in [6.07, 6.45) is 7.10. The van der Waals surface area contributed by atoms with Crippen molar-refractivity contribution in [1.82, 2.24) is 25.1 Å². The highest BCUT2D eigenvalue weighted by Crippen LogP contribution is 2.16. The van der Waals surface area contributed by atoms with Crippen molar-refractivity contribution < 1.29 is 4.79 Å². The largest absolute Gasteiger partial charge is 0.349 e. The smallest absolute Gasteiger partial charge is 0.244 e. The minimum absolute atomic E-state index is 0.0745. The van der Waals surface area contributed by atoms with Gasteiger partial charge < -0.3 is 10.2 Å². The number of aromatic nitrogens is 4. The van der Waals surface area contributed by atoms with Crippen LogP contribution in [0.2, 0.25) is 0 Å². The first kappa shape index (κ1) is 16.4. The molecule has 1 aliphatic heterocycles. The summed E-state index contributed by atoms with van der Waals surface area (Å²) in [5.41, 5.74) is 1.76. The Kier molecular flexibility index (Phi) is 5.08. The van der Waals surface area contributed by atoms with Gasteiger partial charge in [-0.2, -0.15) is 5.10 Å². The molecule has 1 saturated heterocycles. The van der Waals surface area contributed by atoms with E-state index >= 15 is 0 Å². The number of nitrogens with one attached hydrogen (secondary N) is 1. The van der Waals surface area contributed by atoms with Crippen LogP contribution in [0.15, 0.2) is 24.5 Å². The molecule has 128 valence electrons. The van der Waals surface area contributed by atoms with E-state index < -0.39 is 0 Å². The zero-order valence-corrected chi connectivity index (χ0v) is 14.3. The molecular formula is C17H24N6O. The van der Waals surface area contributed by atoms with E-state index in [1.54, 1.807) is 17.1 Å². The highest BCUT2D eigenvalue weighted by atomic mass is 16.2. The van der Waals surface area contributed by atoms with Crippen LogP contribution < -0.4 is 10.2 Å². The van der Waals surface area contributed by atoms with Gasteiger partial charge in [0.2, 0.25) is 11.9 Å². The van der Waals surface area contributed by atoms with Gasteiger partial charge in [0.05, 0.1) is 12.2 Å². The topological polar surface area (TPSA) is 75.9 Å². The van der Waals surface area contributed by atoms with E-state index in [1.165, 1.54) is 19.3 Å². The number of carbonyl (C=O) groups excluding carboxylic acids is 1. The summed E-state index contributed by atoms with van der Waals surface area (Å²) >= 11 is 0. The number of nitrogens with zero attached hydrogens (tertiary/aromatic N) is 5. The van der Waals surface area contributed by atoms with Gasteiger partial charge in [0.1, 0.15) is 6.04 Å². The molecule has 1 aliphatic rings. The average Bonchev–Trinajstić information content (AvgIpc) is 3.14. The van der Waals surface area contributed by atoms with Gasteiger partial charge in [-0.15, -0.1) is 0 Å². The van der Waals surface area contributed by atoms with Gasteiger partial charge in [0, 0.05) is 31.2 Å². The SMILES string of the molecule is Cc1cc(CNC(=O)C(C)n2cccn2)nc(N2CCCCC2)n1. The summed E-state index contributed by atoms with van der Waals surface area (Å²) in [6, 6.07) is 3.39. The Morgan fingerprint density at radius 2 is 2.08 bits per heavy atom. The second-order valence-electron chi connectivity index (χ2n) is 6.23. The fourth-order valence-electron chi connectivity index (χ4n) is 2.90. The van der Waals surface area contributed by atoms with E-state index in [2.05, 4.69) is 25.3 Å². The lowest BCUT2D eigenvalue weighted by Gasteiger charge is -2.27. The van der Waals surface area contributed by atoms with E-state index in [0.717, 1.165) is 30.4 Å². The maximum absolute atomic E-state index is 12.3. The molecule has 0 aliphatic carbocycles. The molecular weight excluding hydrogens is 304 g/mol. The number of hydrogen-bond acceptors (Lipinski definition) is 5. The summed E-state index contributed by atoms with van der Waals surface area (Å²) in [7, 11) is 0. The molecule has 7 nitrogen and oxygen atoms in total. The maximum atomic E-state index is 12.3. The van der Waals surface area contributed by atoms with E-state index in [4.69, 9.17) is 0 Å². The molecule has 1 unspecified atom stereocenters. The van der Waals surface area contributed by atoms with Gasteiger partial charge in [-0.3, -0.25) is 9.48 Å². The molecule has 3 rings (SSSR count). The predicted molar refractivity (Wildman–Crippen MR) is 91.6 cm³/mol. The van der Waals surface area contributed by atoms with Crippen LogP contribution in [0.5, 0.6) is 0 Å². The van der Waals surface area contributed by atoms with Crippen molar-refractivity contribution in [3.8, 4) is 0 Å². The molecule has 0 saturated carbocycles. The van der Waals surface area contributed by atoms with E-state index in [1.807, 2.05) is 26.0 Å². The first-order valence-electron chi connectivity index (χ1n) is 8.50. The van der Waals surface area contributed by atoms with Crippen LogP contribution in [0.25, 0.3) is 0 Å². The molecule has 7 heteroatoms. The Bertz CT molecular complexity index is 678. The second kappa shape index (κ2) is 7.42. The lowest BCUT2D eigenvalue weighted by atomic mass is 10.1. The standard InChI is InChI=1S/C17H24N6O/c1-13-11-15(21-17(20-13)22-8-4-3-5-9-22)12-18-16(24)14(2)23-10-6-7-19-23/h6-7,10-11,14H,3-5,8-9,12H2,1-2H3,(H,18,24). The van der Waals surface area contributed by atoms with Crippen LogP contribution in [0.4, 0.5) is 5.95 Å². The maximum Gasteiger partial charge on any atom is 0.244 e. The zero-order valence-electron chi connectivity index (χ0n) is 14.3. The lowest BCUT2D eigenvalue weighted by Crippen LogP contribution is -2.33. The summed E-state index contributed by atoms with van der Waals surface area (Å²) in [5, 5.41) is 7.04. The summed E-state index contributed by atoms with van der Waals surface area (Å²) in [4.78, 5) is 23.7. The van der Waals surface area contributed by atoms with Crippen molar-refractivity contribution >= 4 is 11.9 Å². The third-order valence-corrected chi connectivity index (χ3v) is 4.28. The number of rotatable bonds is 5. The van der Waals surface area contributed by atoms with Gasteiger partial charge >= 0.3 is 0 Å². The van der Waals surface area contributed by atoms with Crippen LogP contribution in [0.1, 0.15) is 43.6 Å². The Balaban J connectivity index is 1.64.